The number of carbonyl (C=O) groups excluding carboxylic acids is 1. The van der Waals surface area contributed by atoms with Gasteiger partial charge < -0.3 is 20.5 Å². The van der Waals surface area contributed by atoms with Crippen LogP contribution in [0.2, 0.25) is 0 Å². The summed E-state index contributed by atoms with van der Waals surface area (Å²) in [6.07, 6.45) is 0.278. The first-order valence-corrected chi connectivity index (χ1v) is 9.59. The molecular formula is C16H22N4O5S. The Morgan fingerprint density at radius 2 is 2.27 bits per heavy atom. The van der Waals surface area contributed by atoms with Gasteiger partial charge in [-0.05, 0) is 25.1 Å². The van der Waals surface area contributed by atoms with Crippen LogP contribution in [-0.2, 0) is 25.1 Å². The van der Waals surface area contributed by atoms with Gasteiger partial charge in [-0.3, -0.25) is 4.79 Å². The number of nitrogens with zero attached hydrogens (tertiary/aromatic N) is 2. The monoisotopic (exact) mass is 382 g/mol. The minimum absolute atomic E-state index is 0.0783. The molecule has 10 heteroatoms. The molecule has 2 aliphatic heterocycles. The van der Waals surface area contributed by atoms with Gasteiger partial charge in [0.2, 0.25) is 21.9 Å². The Hall–Kier alpha value is -2.33. The molecule has 1 aromatic carbocycles. The lowest BCUT2D eigenvalue weighted by atomic mass is 9.87. The summed E-state index contributed by atoms with van der Waals surface area (Å²) in [6, 6.07) is 5.06. The zero-order valence-corrected chi connectivity index (χ0v) is 15.7. The van der Waals surface area contributed by atoms with Gasteiger partial charge in [0, 0.05) is 31.8 Å². The highest BCUT2D eigenvalue weighted by Crippen LogP contribution is 2.45. The summed E-state index contributed by atoms with van der Waals surface area (Å²) in [6.45, 7) is 1.88. The van der Waals surface area contributed by atoms with Crippen molar-refractivity contribution in [1.29, 1.82) is 0 Å². The summed E-state index contributed by atoms with van der Waals surface area (Å²) < 4.78 is 37.4. The molecule has 0 radical (unpaired) electrons. The van der Waals surface area contributed by atoms with Crippen LogP contribution in [0.1, 0.15) is 18.9 Å². The molecule has 2 aliphatic rings. The number of rotatable bonds is 3. The van der Waals surface area contributed by atoms with Crippen LogP contribution in [0.4, 0.5) is 5.69 Å². The molecule has 0 aromatic heterocycles. The zero-order chi connectivity index (χ0) is 19.1. The molecule has 0 saturated carbocycles. The molecule has 3 rings (SSSR count). The number of fused-ring (bicyclic) bond motifs is 3. The first kappa shape index (κ1) is 18.5. The number of sulfonamides is 1. The van der Waals surface area contributed by atoms with E-state index in [1.54, 1.807) is 25.1 Å². The largest absolute Gasteiger partial charge is 0.493 e. The van der Waals surface area contributed by atoms with Crippen LogP contribution >= 0.6 is 0 Å². The van der Waals surface area contributed by atoms with E-state index >= 15 is 0 Å². The summed E-state index contributed by atoms with van der Waals surface area (Å²) in [4.78, 5) is 16.3. The molecule has 9 nitrogen and oxygen atoms in total. The fraction of sp³-hybridized carbons (Fsp3) is 0.500. The number of amides is 1. The minimum atomic E-state index is -3.69. The van der Waals surface area contributed by atoms with Crippen LogP contribution in [0.3, 0.4) is 0 Å². The van der Waals surface area contributed by atoms with Crippen molar-refractivity contribution in [3.63, 3.8) is 0 Å². The van der Waals surface area contributed by atoms with Gasteiger partial charge in [0.25, 0.3) is 0 Å². The number of benzene rings is 1. The maximum Gasteiger partial charge on any atom is 0.250 e. The standard InChI is InChI=1S/C16H22N4O5S/c1-16-11-8-10(18-14(21)9-24-3)4-5-12(11)25-7-6-13(16)26(22,23)20(2)15(17)19-16/h4-5,8,13H,6-7,9H2,1-3H3,(H2,17,19)(H,18,21)/t13-,16-/m1/s1. The van der Waals surface area contributed by atoms with Gasteiger partial charge in [-0.15, -0.1) is 0 Å². The molecule has 2 atom stereocenters. The average Bonchev–Trinajstić information content (AvgIpc) is 2.71. The minimum Gasteiger partial charge on any atom is -0.493 e. The molecule has 1 amide bonds. The van der Waals surface area contributed by atoms with E-state index in [2.05, 4.69) is 10.3 Å². The molecule has 0 unspecified atom stereocenters. The highest BCUT2D eigenvalue weighted by molar-refractivity contribution is 7.90. The number of hydrogen-bond donors (Lipinski definition) is 2. The Balaban J connectivity index is 2.12. The van der Waals surface area contributed by atoms with Crippen molar-refractivity contribution in [2.45, 2.75) is 24.1 Å². The molecule has 2 heterocycles. The SMILES string of the molecule is COCC(=O)Nc1ccc2c(c1)[C@@]1(C)N=C(N)N(C)S(=O)(=O)[C@@H]1CCO2. The molecule has 0 bridgehead atoms. The molecule has 0 saturated heterocycles. The lowest BCUT2D eigenvalue weighted by Gasteiger charge is -2.40. The lowest BCUT2D eigenvalue weighted by Crippen LogP contribution is -2.56. The van der Waals surface area contributed by atoms with E-state index in [4.69, 9.17) is 15.2 Å². The summed E-state index contributed by atoms with van der Waals surface area (Å²) in [5, 5.41) is 1.89. The third kappa shape index (κ3) is 2.88. The van der Waals surface area contributed by atoms with E-state index in [1.165, 1.54) is 14.2 Å². The second-order valence-corrected chi connectivity index (χ2v) is 8.59. The number of nitrogens with two attached hydrogens (primary N) is 1. The third-order valence-corrected chi connectivity index (χ3v) is 7.12. The van der Waals surface area contributed by atoms with Crippen molar-refractivity contribution < 1.29 is 22.7 Å². The molecule has 0 fully saturated rings. The van der Waals surface area contributed by atoms with Crippen molar-refractivity contribution in [2.24, 2.45) is 10.7 Å². The number of methoxy groups -OCH3 is 1. The number of aliphatic imine (C=N–C) groups is 1. The number of ether oxygens (including phenoxy) is 2. The number of carbonyl (C=O) groups is 1. The summed E-state index contributed by atoms with van der Waals surface area (Å²) in [5.74, 6) is 0.129. The molecule has 1 aromatic rings. The van der Waals surface area contributed by atoms with E-state index < -0.39 is 20.8 Å². The van der Waals surface area contributed by atoms with E-state index in [1.807, 2.05) is 0 Å². The van der Waals surface area contributed by atoms with Crippen molar-refractivity contribution in [2.75, 3.05) is 32.7 Å². The van der Waals surface area contributed by atoms with Crippen LogP contribution in [-0.4, -0.2) is 57.2 Å². The Morgan fingerprint density at radius 1 is 1.54 bits per heavy atom. The van der Waals surface area contributed by atoms with Crippen molar-refractivity contribution in [1.82, 2.24) is 4.31 Å². The number of guanidine groups is 1. The van der Waals surface area contributed by atoms with Crippen molar-refractivity contribution in [3.05, 3.63) is 23.8 Å². The topological polar surface area (TPSA) is 123 Å². The first-order valence-electron chi connectivity index (χ1n) is 8.09. The van der Waals surface area contributed by atoms with Crippen LogP contribution in [0.5, 0.6) is 5.75 Å². The number of hydrogen-bond acceptors (Lipinski definition) is 7. The summed E-state index contributed by atoms with van der Waals surface area (Å²) >= 11 is 0. The van der Waals surface area contributed by atoms with Gasteiger partial charge in [0.1, 0.15) is 23.1 Å². The van der Waals surface area contributed by atoms with Crippen molar-refractivity contribution in [3.8, 4) is 5.75 Å². The maximum absolute atomic E-state index is 12.9. The highest BCUT2D eigenvalue weighted by Gasteiger charge is 2.52. The molecule has 26 heavy (non-hydrogen) atoms. The van der Waals surface area contributed by atoms with E-state index in [0.717, 1.165) is 4.31 Å². The molecule has 0 spiro atoms. The predicted octanol–water partition coefficient (Wildman–Crippen LogP) is 0.228. The van der Waals surface area contributed by atoms with Gasteiger partial charge in [0.15, 0.2) is 0 Å². The maximum atomic E-state index is 12.9. The Bertz CT molecular complexity index is 869. The van der Waals surface area contributed by atoms with Gasteiger partial charge in [-0.1, -0.05) is 0 Å². The van der Waals surface area contributed by atoms with Crippen LogP contribution in [0.15, 0.2) is 23.2 Å². The Kier molecular flexibility index (Phi) is 4.57. The predicted molar refractivity (Wildman–Crippen MR) is 96.5 cm³/mol. The highest BCUT2D eigenvalue weighted by atomic mass is 32.2. The quantitative estimate of drug-likeness (QED) is 0.771. The molecule has 0 aliphatic carbocycles. The third-order valence-electron chi connectivity index (χ3n) is 4.76. The fourth-order valence-corrected chi connectivity index (χ4v) is 5.23. The fourth-order valence-electron chi connectivity index (χ4n) is 3.39. The van der Waals surface area contributed by atoms with Crippen LogP contribution in [0.25, 0.3) is 0 Å². The van der Waals surface area contributed by atoms with E-state index in [9.17, 15) is 13.2 Å². The van der Waals surface area contributed by atoms with Gasteiger partial charge >= 0.3 is 0 Å². The number of nitrogens with one attached hydrogen (secondary N) is 1. The Morgan fingerprint density at radius 3 is 2.96 bits per heavy atom. The first-order chi connectivity index (χ1) is 12.2. The van der Waals surface area contributed by atoms with Gasteiger partial charge in [-0.25, -0.2) is 17.7 Å². The number of anilines is 1. The smallest absolute Gasteiger partial charge is 0.250 e. The van der Waals surface area contributed by atoms with E-state index in [-0.39, 0.29) is 31.5 Å². The normalized spacial score (nSPS) is 26.7. The molecule has 142 valence electrons. The molecule has 3 N–H and O–H groups in total. The van der Waals surface area contributed by atoms with Gasteiger partial charge in [0.05, 0.1) is 6.61 Å². The van der Waals surface area contributed by atoms with Crippen LogP contribution < -0.4 is 15.8 Å². The van der Waals surface area contributed by atoms with Crippen LogP contribution in [0, 0.1) is 0 Å². The van der Waals surface area contributed by atoms with Crippen molar-refractivity contribution >= 4 is 27.6 Å². The lowest BCUT2D eigenvalue weighted by molar-refractivity contribution is -0.119. The second-order valence-electron chi connectivity index (χ2n) is 6.45. The van der Waals surface area contributed by atoms with E-state index in [0.29, 0.717) is 17.0 Å². The second kappa shape index (κ2) is 6.44. The summed E-state index contributed by atoms with van der Waals surface area (Å²) in [7, 11) is -0.872. The average molecular weight is 382 g/mol. The summed E-state index contributed by atoms with van der Waals surface area (Å²) in [5.41, 5.74) is 5.83. The zero-order valence-electron chi connectivity index (χ0n) is 14.9. The van der Waals surface area contributed by atoms with Gasteiger partial charge in [-0.2, -0.15) is 0 Å². The molecular weight excluding hydrogens is 360 g/mol. The Labute approximate surface area is 152 Å².